The number of carbonyl (C=O) groups excluding carboxylic acids is 2. The lowest BCUT2D eigenvalue weighted by Gasteiger charge is -2.35. The zero-order chi connectivity index (χ0) is 13.4. The van der Waals surface area contributed by atoms with Crippen LogP contribution in [0.5, 0.6) is 0 Å². The molecular formula is C15H18N2O2. The molecule has 0 N–H and O–H groups in total. The third-order valence-corrected chi connectivity index (χ3v) is 3.98. The summed E-state index contributed by atoms with van der Waals surface area (Å²) in [7, 11) is 0. The minimum absolute atomic E-state index is 0.0612. The van der Waals surface area contributed by atoms with Gasteiger partial charge in [0.25, 0.3) is 0 Å². The summed E-state index contributed by atoms with van der Waals surface area (Å²) in [6.45, 7) is 3.33. The molecule has 0 bridgehead atoms. The van der Waals surface area contributed by atoms with Crippen molar-refractivity contribution in [3.8, 4) is 0 Å². The maximum Gasteiger partial charge on any atom is 0.225 e. The van der Waals surface area contributed by atoms with Gasteiger partial charge in [0.2, 0.25) is 11.7 Å². The van der Waals surface area contributed by atoms with Gasteiger partial charge < -0.3 is 0 Å². The highest BCUT2D eigenvalue weighted by atomic mass is 16.2. The molecule has 1 aromatic rings. The van der Waals surface area contributed by atoms with E-state index in [1.165, 1.54) is 13.3 Å². The van der Waals surface area contributed by atoms with E-state index in [9.17, 15) is 9.59 Å². The number of hydrogen-bond acceptors (Lipinski definition) is 3. The van der Waals surface area contributed by atoms with E-state index in [2.05, 4.69) is 4.90 Å². The molecule has 0 spiro atoms. The zero-order valence-corrected chi connectivity index (χ0v) is 11.1. The van der Waals surface area contributed by atoms with E-state index in [0.29, 0.717) is 5.56 Å². The van der Waals surface area contributed by atoms with E-state index in [1.54, 1.807) is 4.90 Å². The molecule has 2 aliphatic rings. The summed E-state index contributed by atoms with van der Waals surface area (Å²) in [6, 6.07) is 7.41. The number of fused-ring (bicyclic) bond motifs is 1. The van der Waals surface area contributed by atoms with Crippen molar-refractivity contribution in [2.45, 2.75) is 32.4 Å². The SMILES string of the molecule is CC(=O)N1c2ccccc2C(=O)[C@H]1N1CCCCC1. The standard InChI is InChI=1S/C15H18N2O2/c1-11(18)17-13-8-4-3-7-12(13)14(19)15(17)16-9-5-2-6-10-16/h3-4,7-8,15H,2,5-6,9-10H2,1H3/t15-/m0/s1. The fourth-order valence-electron chi connectivity index (χ4n) is 3.11. The van der Waals surface area contributed by atoms with Gasteiger partial charge in [-0.3, -0.25) is 19.4 Å². The summed E-state index contributed by atoms with van der Waals surface area (Å²) < 4.78 is 0. The van der Waals surface area contributed by atoms with Crippen LogP contribution in [-0.4, -0.2) is 35.8 Å². The molecule has 1 fully saturated rings. The van der Waals surface area contributed by atoms with Crippen LogP contribution in [-0.2, 0) is 4.79 Å². The first kappa shape index (κ1) is 12.4. The van der Waals surface area contributed by atoms with Crippen LogP contribution in [0.1, 0.15) is 36.5 Å². The van der Waals surface area contributed by atoms with Crippen LogP contribution in [0.25, 0.3) is 0 Å². The largest absolute Gasteiger partial charge is 0.290 e. The number of nitrogens with zero attached hydrogens (tertiary/aromatic N) is 2. The van der Waals surface area contributed by atoms with E-state index in [0.717, 1.165) is 31.6 Å². The van der Waals surface area contributed by atoms with E-state index in [4.69, 9.17) is 0 Å². The van der Waals surface area contributed by atoms with Gasteiger partial charge >= 0.3 is 0 Å². The Morgan fingerprint density at radius 3 is 2.53 bits per heavy atom. The predicted molar refractivity (Wildman–Crippen MR) is 73.1 cm³/mol. The smallest absolute Gasteiger partial charge is 0.225 e. The summed E-state index contributed by atoms with van der Waals surface area (Å²) in [5, 5.41) is 0. The van der Waals surface area contributed by atoms with E-state index in [-0.39, 0.29) is 11.7 Å². The Morgan fingerprint density at radius 1 is 1.16 bits per heavy atom. The molecule has 100 valence electrons. The first-order valence-corrected chi connectivity index (χ1v) is 6.87. The molecule has 3 rings (SSSR count). The zero-order valence-electron chi connectivity index (χ0n) is 11.1. The number of Topliss-reactive ketones (excluding diaryl/α,β-unsaturated/α-hetero) is 1. The summed E-state index contributed by atoms with van der Waals surface area (Å²) in [6.07, 6.45) is 3.00. The molecule has 4 heteroatoms. The summed E-state index contributed by atoms with van der Waals surface area (Å²) >= 11 is 0. The molecule has 0 radical (unpaired) electrons. The van der Waals surface area contributed by atoms with E-state index in [1.807, 2.05) is 24.3 Å². The number of amides is 1. The first-order valence-electron chi connectivity index (χ1n) is 6.87. The maximum absolute atomic E-state index is 12.6. The molecule has 4 nitrogen and oxygen atoms in total. The number of hydrogen-bond donors (Lipinski definition) is 0. The van der Waals surface area contributed by atoms with Crippen LogP contribution in [0.15, 0.2) is 24.3 Å². The molecule has 0 aromatic heterocycles. The predicted octanol–water partition coefficient (Wildman–Crippen LogP) is 2.05. The number of rotatable bonds is 1. The highest BCUT2D eigenvalue weighted by Gasteiger charge is 2.42. The van der Waals surface area contributed by atoms with Crippen molar-refractivity contribution in [3.05, 3.63) is 29.8 Å². The Hall–Kier alpha value is -1.68. The van der Waals surface area contributed by atoms with Gasteiger partial charge in [-0.25, -0.2) is 0 Å². The van der Waals surface area contributed by atoms with Gasteiger partial charge in [0.15, 0.2) is 6.17 Å². The Morgan fingerprint density at radius 2 is 1.84 bits per heavy atom. The van der Waals surface area contributed by atoms with Crippen LogP contribution >= 0.6 is 0 Å². The molecule has 0 saturated carbocycles. The molecule has 1 atom stereocenters. The van der Waals surface area contributed by atoms with Crippen molar-refractivity contribution in [3.63, 3.8) is 0 Å². The fraction of sp³-hybridized carbons (Fsp3) is 0.467. The van der Waals surface area contributed by atoms with Crippen LogP contribution in [0.3, 0.4) is 0 Å². The molecule has 2 heterocycles. The van der Waals surface area contributed by atoms with Crippen molar-refractivity contribution < 1.29 is 9.59 Å². The molecule has 2 aliphatic heterocycles. The first-order chi connectivity index (χ1) is 9.20. The second-order valence-corrected chi connectivity index (χ2v) is 5.24. The average Bonchev–Trinajstić information content (AvgIpc) is 2.74. The molecule has 1 amide bonds. The van der Waals surface area contributed by atoms with Crippen LogP contribution < -0.4 is 4.90 Å². The van der Waals surface area contributed by atoms with Gasteiger partial charge in [0.05, 0.1) is 5.69 Å². The third kappa shape index (κ3) is 1.96. The molecular weight excluding hydrogens is 240 g/mol. The Balaban J connectivity index is 2.00. The lowest BCUT2D eigenvalue weighted by Crippen LogP contribution is -2.53. The normalized spacial score (nSPS) is 23.5. The van der Waals surface area contributed by atoms with E-state index < -0.39 is 6.17 Å². The van der Waals surface area contributed by atoms with Gasteiger partial charge in [-0.15, -0.1) is 0 Å². The van der Waals surface area contributed by atoms with Gasteiger partial charge in [0.1, 0.15) is 0 Å². The van der Waals surface area contributed by atoms with E-state index >= 15 is 0 Å². The van der Waals surface area contributed by atoms with Crippen molar-refractivity contribution in [1.82, 2.24) is 4.90 Å². The van der Waals surface area contributed by atoms with Gasteiger partial charge in [-0.05, 0) is 25.0 Å². The third-order valence-electron chi connectivity index (χ3n) is 3.98. The van der Waals surface area contributed by atoms with Crippen LogP contribution in [0.4, 0.5) is 5.69 Å². The van der Waals surface area contributed by atoms with Crippen LogP contribution in [0, 0.1) is 0 Å². The maximum atomic E-state index is 12.6. The second-order valence-electron chi connectivity index (χ2n) is 5.24. The number of piperidine rings is 1. The van der Waals surface area contributed by atoms with Crippen molar-refractivity contribution in [1.29, 1.82) is 0 Å². The number of anilines is 1. The molecule has 0 aliphatic carbocycles. The molecule has 1 aromatic carbocycles. The van der Waals surface area contributed by atoms with Crippen LogP contribution in [0.2, 0.25) is 0 Å². The number of benzene rings is 1. The monoisotopic (exact) mass is 258 g/mol. The lowest BCUT2D eigenvalue weighted by atomic mass is 10.1. The highest BCUT2D eigenvalue weighted by Crippen LogP contribution is 2.34. The summed E-state index contributed by atoms with van der Waals surface area (Å²) in [5.74, 6) is 0.00146. The molecule has 19 heavy (non-hydrogen) atoms. The fourth-order valence-corrected chi connectivity index (χ4v) is 3.11. The quantitative estimate of drug-likeness (QED) is 0.774. The number of carbonyl (C=O) groups is 2. The summed E-state index contributed by atoms with van der Waals surface area (Å²) in [4.78, 5) is 28.3. The molecule has 0 unspecified atom stereocenters. The number of likely N-dealkylation sites (tertiary alicyclic amines) is 1. The Kier molecular flexibility index (Phi) is 3.11. The Labute approximate surface area is 113 Å². The van der Waals surface area contributed by atoms with Gasteiger partial charge in [0, 0.05) is 25.6 Å². The second kappa shape index (κ2) is 4.78. The Bertz CT molecular complexity index is 521. The summed E-state index contributed by atoms with van der Waals surface area (Å²) in [5.41, 5.74) is 1.43. The lowest BCUT2D eigenvalue weighted by molar-refractivity contribution is -0.117. The van der Waals surface area contributed by atoms with Crippen molar-refractivity contribution in [2.75, 3.05) is 18.0 Å². The number of ketones is 1. The number of para-hydroxylation sites is 1. The van der Waals surface area contributed by atoms with Gasteiger partial charge in [-0.2, -0.15) is 0 Å². The van der Waals surface area contributed by atoms with Gasteiger partial charge in [-0.1, -0.05) is 18.6 Å². The minimum Gasteiger partial charge on any atom is -0.290 e. The average molecular weight is 258 g/mol. The minimum atomic E-state index is -0.421. The topological polar surface area (TPSA) is 40.6 Å². The van der Waals surface area contributed by atoms with Crippen molar-refractivity contribution in [2.24, 2.45) is 0 Å². The van der Waals surface area contributed by atoms with Crippen molar-refractivity contribution >= 4 is 17.4 Å². The highest BCUT2D eigenvalue weighted by molar-refractivity contribution is 6.17. The molecule has 1 saturated heterocycles.